The number of ketones is 1. The molecule has 0 bridgehead atoms. The molecule has 0 atom stereocenters. The van der Waals surface area contributed by atoms with Gasteiger partial charge in [0.15, 0.2) is 17.3 Å². The standard InChI is InChI=1S/C14H11ClO3S2/c15-14-4-3-13(20-14)10(16)8-19-9-1-2-11-12(7-9)18-6-5-17-11/h1-4,7H,5-6,8H2. The molecule has 1 aliphatic rings. The van der Waals surface area contributed by atoms with Gasteiger partial charge in [-0.2, -0.15) is 0 Å². The Morgan fingerprint density at radius 3 is 2.75 bits per heavy atom. The van der Waals surface area contributed by atoms with Crippen LogP contribution in [0.2, 0.25) is 4.34 Å². The van der Waals surface area contributed by atoms with Crippen molar-refractivity contribution in [1.29, 1.82) is 0 Å². The van der Waals surface area contributed by atoms with E-state index in [-0.39, 0.29) is 5.78 Å². The first-order chi connectivity index (χ1) is 9.72. The molecule has 0 aliphatic carbocycles. The van der Waals surface area contributed by atoms with Crippen LogP contribution in [0.1, 0.15) is 9.67 Å². The molecule has 2 aromatic rings. The lowest BCUT2D eigenvalue weighted by Gasteiger charge is -2.18. The van der Waals surface area contributed by atoms with Gasteiger partial charge >= 0.3 is 0 Å². The molecular formula is C14H11ClO3S2. The van der Waals surface area contributed by atoms with E-state index in [2.05, 4.69) is 0 Å². The second-order valence-corrected chi connectivity index (χ2v) is 6.88. The second kappa shape index (κ2) is 6.08. The van der Waals surface area contributed by atoms with Gasteiger partial charge in [0, 0.05) is 4.90 Å². The van der Waals surface area contributed by atoms with E-state index < -0.39 is 0 Å². The van der Waals surface area contributed by atoms with Crippen molar-refractivity contribution in [2.45, 2.75) is 4.90 Å². The molecule has 0 amide bonds. The molecule has 0 spiro atoms. The molecule has 1 aliphatic heterocycles. The van der Waals surface area contributed by atoms with Crippen LogP contribution in [0, 0.1) is 0 Å². The molecule has 104 valence electrons. The summed E-state index contributed by atoms with van der Waals surface area (Å²) in [5, 5.41) is 0. The molecule has 0 fully saturated rings. The van der Waals surface area contributed by atoms with E-state index >= 15 is 0 Å². The summed E-state index contributed by atoms with van der Waals surface area (Å²) in [6.45, 7) is 1.14. The van der Waals surface area contributed by atoms with Crippen LogP contribution in [0.3, 0.4) is 0 Å². The number of thioether (sulfide) groups is 1. The van der Waals surface area contributed by atoms with Gasteiger partial charge in [0.25, 0.3) is 0 Å². The predicted molar refractivity (Wildman–Crippen MR) is 81.8 cm³/mol. The van der Waals surface area contributed by atoms with Gasteiger partial charge in [-0.05, 0) is 30.3 Å². The van der Waals surface area contributed by atoms with Crippen molar-refractivity contribution in [1.82, 2.24) is 0 Å². The lowest BCUT2D eigenvalue weighted by Crippen LogP contribution is -2.15. The summed E-state index contributed by atoms with van der Waals surface area (Å²) in [7, 11) is 0. The van der Waals surface area contributed by atoms with Crippen molar-refractivity contribution in [2.75, 3.05) is 19.0 Å². The van der Waals surface area contributed by atoms with Crippen LogP contribution in [0.15, 0.2) is 35.2 Å². The zero-order valence-electron chi connectivity index (χ0n) is 10.4. The molecule has 0 saturated heterocycles. The van der Waals surface area contributed by atoms with Gasteiger partial charge in [-0.3, -0.25) is 4.79 Å². The normalized spacial score (nSPS) is 13.2. The SMILES string of the molecule is O=C(CSc1ccc2c(c1)OCCO2)c1ccc(Cl)s1. The second-order valence-electron chi connectivity index (χ2n) is 4.12. The Bertz CT molecular complexity index is 639. The van der Waals surface area contributed by atoms with Crippen LogP contribution in [0.4, 0.5) is 0 Å². The Morgan fingerprint density at radius 2 is 2.00 bits per heavy atom. The Balaban J connectivity index is 1.65. The van der Waals surface area contributed by atoms with Crippen LogP contribution in [-0.2, 0) is 0 Å². The van der Waals surface area contributed by atoms with Crippen molar-refractivity contribution in [3.63, 3.8) is 0 Å². The van der Waals surface area contributed by atoms with Crippen LogP contribution >= 0.6 is 34.7 Å². The maximum absolute atomic E-state index is 12.0. The summed E-state index contributed by atoms with van der Waals surface area (Å²) in [5.41, 5.74) is 0. The number of hydrogen-bond donors (Lipinski definition) is 0. The molecule has 0 radical (unpaired) electrons. The fourth-order valence-electron chi connectivity index (χ4n) is 1.80. The highest BCUT2D eigenvalue weighted by molar-refractivity contribution is 8.00. The summed E-state index contributed by atoms with van der Waals surface area (Å²) in [6, 6.07) is 9.23. The molecule has 3 nitrogen and oxygen atoms in total. The van der Waals surface area contributed by atoms with Crippen LogP contribution in [0.25, 0.3) is 0 Å². The largest absolute Gasteiger partial charge is 0.486 e. The van der Waals surface area contributed by atoms with Crippen LogP contribution in [-0.4, -0.2) is 24.7 Å². The number of carbonyl (C=O) groups excluding carboxylic acids is 1. The first-order valence-corrected chi connectivity index (χ1v) is 8.21. The maximum Gasteiger partial charge on any atom is 0.183 e. The summed E-state index contributed by atoms with van der Waals surface area (Å²) in [6.07, 6.45) is 0. The van der Waals surface area contributed by atoms with Crippen molar-refractivity contribution in [3.8, 4) is 11.5 Å². The van der Waals surface area contributed by atoms with Crippen molar-refractivity contribution in [3.05, 3.63) is 39.5 Å². The first kappa shape index (κ1) is 13.8. The zero-order valence-corrected chi connectivity index (χ0v) is 12.8. The van der Waals surface area contributed by atoms with Gasteiger partial charge in [-0.15, -0.1) is 23.1 Å². The Kier molecular flexibility index (Phi) is 4.19. The van der Waals surface area contributed by atoms with E-state index in [9.17, 15) is 4.79 Å². The van der Waals surface area contributed by atoms with Crippen LogP contribution in [0.5, 0.6) is 11.5 Å². The van der Waals surface area contributed by atoms with E-state index in [1.165, 1.54) is 23.1 Å². The van der Waals surface area contributed by atoms with E-state index in [1.807, 2.05) is 18.2 Å². The number of ether oxygens (including phenoxy) is 2. The highest BCUT2D eigenvalue weighted by atomic mass is 35.5. The Hall–Kier alpha value is -1.17. The number of halogens is 1. The van der Waals surface area contributed by atoms with E-state index in [0.717, 1.165) is 16.4 Å². The van der Waals surface area contributed by atoms with E-state index in [1.54, 1.807) is 12.1 Å². The smallest absolute Gasteiger partial charge is 0.183 e. The molecule has 1 aromatic carbocycles. The fraction of sp³-hybridized carbons (Fsp3) is 0.214. The molecule has 20 heavy (non-hydrogen) atoms. The van der Waals surface area contributed by atoms with Gasteiger partial charge < -0.3 is 9.47 Å². The van der Waals surface area contributed by atoms with Gasteiger partial charge in [0.2, 0.25) is 0 Å². The van der Waals surface area contributed by atoms with E-state index in [4.69, 9.17) is 21.1 Å². The highest BCUT2D eigenvalue weighted by Crippen LogP contribution is 2.34. The maximum atomic E-state index is 12.0. The lowest BCUT2D eigenvalue weighted by molar-refractivity contribution is 0.102. The monoisotopic (exact) mass is 326 g/mol. The minimum Gasteiger partial charge on any atom is -0.486 e. The average Bonchev–Trinajstić information content (AvgIpc) is 2.91. The van der Waals surface area contributed by atoms with Gasteiger partial charge in [0.05, 0.1) is 15.0 Å². The number of hydrogen-bond acceptors (Lipinski definition) is 5. The van der Waals surface area contributed by atoms with Crippen molar-refractivity contribution in [2.24, 2.45) is 0 Å². The summed E-state index contributed by atoms with van der Waals surface area (Å²) in [5.74, 6) is 1.97. The molecule has 0 saturated carbocycles. The van der Waals surface area contributed by atoms with Crippen molar-refractivity contribution < 1.29 is 14.3 Å². The van der Waals surface area contributed by atoms with Crippen molar-refractivity contribution >= 4 is 40.5 Å². The molecule has 1 aromatic heterocycles. The summed E-state index contributed by atoms with van der Waals surface area (Å²) in [4.78, 5) is 13.7. The van der Waals surface area contributed by atoms with Gasteiger partial charge in [-0.1, -0.05) is 11.6 Å². The molecule has 3 rings (SSSR count). The summed E-state index contributed by atoms with van der Waals surface area (Å²) < 4.78 is 11.6. The number of benzene rings is 1. The minimum atomic E-state index is 0.0850. The zero-order chi connectivity index (χ0) is 13.9. The molecule has 6 heteroatoms. The Morgan fingerprint density at radius 1 is 1.20 bits per heavy atom. The molecular weight excluding hydrogens is 316 g/mol. The highest BCUT2D eigenvalue weighted by Gasteiger charge is 2.13. The Labute approximate surface area is 129 Å². The first-order valence-electron chi connectivity index (χ1n) is 6.03. The van der Waals surface area contributed by atoms with Gasteiger partial charge in [-0.25, -0.2) is 0 Å². The minimum absolute atomic E-state index is 0.0850. The fourth-order valence-corrected chi connectivity index (χ4v) is 3.68. The topological polar surface area (TPSA) is 35.5 Å². The number of Topliss-reactive ketones (excluding diaryl/α,β-unsaturated/α-hetero) is 1. The number of rotatable bonds is 4. The number of fused-ring (bicyclic) bond motifs is 1. The average molecular weight is 327 g/mol. The number of thiophene rings is 1. The third kappa shape index (κ3) is 3.11. The molecule has 2 heterocycles. The third-order valence-corrected chi connectivity index (χ3v) is 5.00. The summed E-state index contributed by atoms with van der Waals surface area (Å²) >= 11 is 8.63. The lowest BCUT2D eigenvalue weighted by atomic mass is 10.3. The predicted octanol–water partition coefficient (Wildman–Crippen LogP) is 4.15. The van der Waals surface area contributed by atoms with Gasteiger partial charge in [0.1, 0.15) is 13.2 Å². The third-order valence-electron chi connectivity index (χ3n) is 2.73. The molecule has 0 unspecified atom stereocenters. The van der Waals surface area contributed by atoms with E-state index in [0.29, 0.717) is 28.2 Å². The number of carbonyl (C=O) groups is 1. The van der Waals surface area contributed by atoms with Crippen LogP contribution < -0.4 is 9.47 Å². The quantitative estimate of drug-likeness (QED) is 0.624. The molecule has 0 N–H and O–H groups in total.